The number of carbonyl (C=O) groups is 2. The number of phenols is 1. The molecule has 3 aliphatic heterocycles. The van der Waals surface area contributed by atoms with Gasteiger partial charge in [0.1, 0.15) is 29.5 Å². The van der Waals surface area contributed by atoms with Gasteiger partial charge < -0.3 is 14.6 Å². The van der Waals surface area contributed by atoms with Crippen LogP contribution in [0.25, 0.3) is 6.08 Å². The fourth-order valence-corrected chi connectivity index (χ4v) is 6.37. The van der Waals surface area contributed by atoms with Crippen molar-refractivity contribution in [1.82, 2.24) is 10.2 Å². The molecule has 2 amide bonds. The van der Waals surface area contributed by atoms with E-state index in [1.807, 2.05) is 45.0 Å². The highest BCUT2D eigenvalue weighted by Crippen LogP contribution is 2.52. The molecule has 0 bridgehead atoms. The molecule has 0 radical (unpaired) electrons. The summed E-state index contributed by atoms with van der Waals surface area (Å²) < 4.78 is 12.7. The average molecular weight is 523 g/mol. The van der Waals surface area contributed by atoms with Gasteiger partial charge in [-0.25, -0.2) is 0 Å². The van der Waals surface area contributed by atoms with Gasteiger partial charge >= 0.3 is 0 Å². The van der Waals surface area contributed by atoms with Crippen LogP contribution in [0.4, 0.5) is 4.79 Å². The topological polar surface area (TPSA) is 88.1 Å². The third-order valence-electron chi connectivity index (χ3n) is 7.97. The van der Waals surface area contributed by atoms with E-state index in [4.69, 9.17) is 9.47 Å². The minimum atomic E-state index is -0.375. The molecule has 3 aliphatic rings. The monoisotopic (exact) mass is 522 g/mol. The summed E-state index contributed by atoms with van der Waals surface area (Å²) >= 11 is 0.910. The predicted molar refractivity (Wildman–Crippen MR) is 145 cm³/mol. The summed E-state index contributed by atoms with van der Waals surface area (Å²) in [6, 6.07) is 7.86. The first-order chi connectivity index (χ1) is 17.5. The van der Waals surface area contributed by atoms with Gasteiger partial charge in [0.15, 0.2) is 0 Å². The summed E-state index contributed by atoms with van der Waals surface area (Å²) in [6.07, 6.45) is 3.87. The molecule has 0 spiro atoms. The molecule has 3 heterocycles. The Hall–Kier alpha value is -2.97. The average Bonchev–Trinajstić information content (AvgIpc) is 3.51. The number of hydrogen-bond acceptors (Lipinski definition) is 7. The van der Waals surface area contributed by atoms with Crippen LogP contribution in [0, 0.1) is 20.8 Å². The van der Waals surface area contributed by atoms with E-state index < -0.39 is 0 Å². The minimum Gasteiger partial charge on any atom is -0.507 e. The van der Waals surface area contributed by atoms with Crippen molar-refractivity contribution in [2.45, 2.75) is 65.0 Å². The Bertz CT molecular complexity index is 1300. The van der Waals surface area contributed by atoms with Crippen molar-refractivity contribution in [2.24, 2.45) is 0 Å². The molecule has 1 unspecified atom stereocenters. The van der Waals surface area contributed by atoms with Gasteiger partial charge in [-0.2, -0.15) is 0 Å². The van der Waals surface area contributed by atoms with Crippen LogP contribution in [0.15, 0.2) is 29.2 Å². The summed E-state index contributed by atoms with van der Waals surface area (Å²) in [5.74, 6) is 1.81. The molecule has 2 saturated heterocycles. The lowest BCUT2D eigenvalue weighted by Gasteiger charge is -2.33. The fraction of sp³-hybridized carbons (Fsp3) is 0.448. The van der Waals surface area contributed by atoms with Crippen LogP contribution >= 0.6 is 11.8 Å². The fourth-order valence-electron chi connectivity index (χ4n) is 5.69. The molecule has 2 atom stereocenters. The number of phenolic OH excluding ortho intramolecular Hbond substituents is 1. The van der Waals surface area contributed by atoms with E-state index in [1.165, 1.54) is 0 Å². The van der Waals surface area contributed by atoms with Crippen LogP contribution in [-0.2, 0) is 4.79 Å². The number of rotatable bonds is 6. The second-order valence-electron chi connectivity index (χ2n) is 10.8. The molecule has 196 valence electrons. The second-order valence-corrected chi connectivity index (χ2v) is 11.8. The Balaban J connectivity index is 1.30. The number of fused-ring (bicyclic) bond motifs is 1. The van der Waals surface area contributed by atoms with Gasteiger partial charge in [-0.05, 0) is 106 Å². The maximum atomic E-state index is 11.9. The molecule has 2 fully saturated rings. The molecular weight excluding hydrogens is 488 g/mol. The van der Waals surface area contributed by atoms with Gasteiger partial charge in [-0.1, -0.05) is 12.1 Å². The van der Waals surface area contributed by atoms with Gasteiger partial charge in [0.05, 0.1) is 4.91 Å². The first kappa shape index (κ1) is 25.7. The Labute approximate surface area is 222 Å². The smallest absolute Gasteiger partial charge is 0.290 e. The summed E-state index contributed by atoms with van der Waals surface area (Å²) in [6.45, 7) is 12.6. The zero-order valence-electron chi connectivity index (χ0n) is 22.0. The number of nitrogens with zero attached hydrogens (tertiary/aromatic N) is 1. The van der Waals surface area contributed by atoms with Crippen LogP contribution in [-0.4, -0.2) is 52.5 Å². The van der Waals surface area contributed by atoms with Crippen LogP contribution in [0.1, 0.15) is 60.4 Å². The van der Waals surface area contributed by atoms with Crippen LogP contribution in [0.2, 0.25) is 0 Å². The van der Waals surface area contributed by atoms with Gasteiger partial charge in [-0.3, -0.25) is 19.8 Å². The first-order valence-corrected chi connectivity index (χ1v) is 13.6. The summed E-state index contributed by atoms with van der Waals surface area (Å²) in [4.78, 5) is 26.2. The molecule has 0 aromatic heterocycles. The van der Waals surface area contributed by atoms with Gasteiger partial charge in [0.25, 0.3) is 11.1 Å². The van der Waals surface area contributed by atoms with E-state index in [0.29, 0.717) is 17.3 Å². The highest BCUT2D eigenvalue weighted by Gasteiger charge is 2.45. The molecule has 2 N–H and O–H groups in total. The Morgan fingerprint density at radius 3 is 2.73 bits per heavy atom. The summed E-state index contributed by atoms with van der Waals surface area (Å²) in [7, 11) is 0. The summed E-state index contributed by atoms with van der Waals surface area (Å²) in [5, 5.41) is 12.7. The molecule has 2 aromatic rings. The van der Waals surface area contributed by atoms with Gasteiger partial charge in [-0.15, -0.1) is 0 Å². The Morgan fingerprint density at radius 1 is 1.22 bits per heavy atom. The number of thioether (sulfide) groups is 1. The molecular formula is C29H34N2O5S. The minimum absolute atomic E-state index is 0.140. The lowest BCUT2D eigenvalue weighted by Crippen LogP contribution is -2.42. The maximum Gasteiger partial charge on any atom is 0.290 e. The van der Waals surface area contributed by atoms with Crippen LogP contribution < -0.4 is 14.8 Å². The third kappa shape index (κ3) is 4.84. The number of imide groups is 1. The largest absolute Gasteiger partial charge is 0.507 e. The van der Waals surface area contributed by atoms with Gasteiger partial charge in [0, 0.05) is 24.1 Å². The van der Waals surface area contributed by atoms with E-state index >= 15 is 0 Å². The molecule has 8 heteroatoms. The number of likely N-dealkylation sites (tertiary alicyclic amines) is 1. The van der Waals surface area contributed by atoms with Crippen molar-refractivity contribution in [3.8, 4) is 17.2 Å². The number of amides is 2. The van der Waals surface area contributed by atoms with Crippen molar-refractivity contribution in [1.29, 1.82) is 0 Å². The van der Waals surface area contributed by atoms with E-state index in [9.17, 15) is 14.7 Å². The van der Waals surface area contributed by atoms with Crippen molar-refractivity contribution in [2.75, 3.05) is 19.7 Å². The molecule has 0 saturated carbocycles. The molecule has 0 aliphatic carbocycles. The summed E-state index contributed by atoms with van der Waals surface area (Å²) in [5.41, 5.74) is 4.39. The number of hydrogen-bond donors (Lipinski definition) is 2. The van der Waals surface area contributed by atoms with Crippen molar-refractivity contribution < 1.29 is 24.2 Å². The van der Waals surface area contributed by atoms with Crippen LogP contribution in [0.5, 0.6) is 17.2 Å². The van der Waals surface area contributed by atoms with E-state index in [0.717, 1.165) is 77.0 Å². The lowest BCUT2D eigenvalue weighted by atomic mass is 9.82. The van der Waals surface area contributed by atoms with E-state index in [2.05, 4.69) is 24.1 Å². The molecule has 37 heavy (non-hydrogen) atoms. The molecule has 2 aromatic carbocycles. The lowest BCUT2D eigenvalue weighted by molar-refractivity contribution is -0.115. The number of ether oxygens (including phenoxy) is 2. The highest BCUT2D eigenvalue weighted by atomic mass is 32.2. The van der Waals surface area contributed by atoms with Gasteiger partial charge in [0.2, 0.25) is 0 Å². The normalized spacial score (nSPS) is 23.9. The molecule has 5 rings (SSSR count). The van der Waals surface area contributed by atoms with Crippen molar-refractivity contribution in [3.63, 3.8) is 0 Å². The number of nitrogens with one attached hydrogen (secondary N) is 1. The zero-order valence-corrected chi connectivity index (χ0v) is 22.8. The third-order valence-corrected chi connectivity index (χ3v) is 8.78. The number of aromatic hydroxyl groups is 1. The number of carbonyl (C=O) groups excluding carboxylic acids is 2. The Morgan fingerprint density at radius 2 is 2.00 bits per heavy atom. The zero-order chi connectivity index (χ0) is 26.5. The SMILES string of the molecule is Cc1c(C)c2c(c(C)c1O)C(CN1CCC[C@H]1COc1cccc(/C=C3/SC(=O)NC3=O)c1)C(C)(C)O2. The molecule has 7 nitrogen and oxygen atoms in total. The maximum absolute atomic E-state index is 11.9. The van der Waals surface area contributed by atoms with E-state index in [-0.39, 0.29) is 28.7 Å². The Kier molecular flexibility index (Phi) is 6.75. The van der Waals surface area contributed by atoms with E-state index in [1.54, 1.807) is 6.08 Å². The van der Waals surface area contributed by atoms with Crippen LogP contribution in [0.3, 0.4) is 0 Å². The first-order valence-electron chi connectivity index (χ1n) is 12.8. The van der Waals surface area contributed by atoms with Crippen molar-refractivity contribution in [3.05, 3.63) is 57.0 Å². The second kappa shape index (κ2) is 9.72. The quantitative estimate of drug-likeness (QED) is 0.489. The highest BCUT2D eigenvalue weighted by molar-refractivity contribution is 8.18. The predicted octanol–water partition coefficient (Wildman–Crippen LogP) is 5.44. The standard InChI is InChI=1S/C29H34N2O5S/c1-16-17(2)26-24(18(3)25(16)32)22(29(4,5)36-26)14-31-11-7-9-20(31)15-35-21-10-6-8-19(12-21)13-23-27(33)30-28(34)37-23/h6,8,10,12-13,20,22,32H,7,9,11,14-15H2,1-5H3,(H,30,33,34)/b23-13+/t20-,22?/m0/s1. The van der Waals surface area contributed by atoms with Crippen molar-refractivity contribution >= 4 is 29.0 Å². The number of benzene rings is 2.